The van der Waals surface area contributed by atoms with Crippen LogP contribution in [-0.2, 0) is 4.79 Å². The van der Waals surface area contributed by atoms with E-state index in [2.05, 4.69) is 0 Å². The number of carbonyl (C=O) groups excluding carboxylic acids is 1. The van der Waals surface area contributed by atoms with Crippen LogP contribution in [0.4, 0.5) is 0 Å². The van der Waals surface area contributed by atoms with E-state index in [0.717, 1.165) is 12.7 Å². The van der Waals surface area contributed by atoms with Crippen LogP contribution in [0.15, 0.2) is 24.0 Å². The highest BCUT2D eigenvalue weighted by molar-refractivity contribution is 5.92. The van der Waals surface area contributed by atoms with Gasteiger partial charge in [0.2, 0.25) is 5.91 Å². The quantitative estimate of drug-likeness (QED) is 0.368. The van der Waals surface area contributed by atoms with E-state index < -0.39 is 5.91 Å². The summed E-state index contributed by atoms with van der Waals surface area (Å²) in [7, 11) is 0. The number of primary amides is 1. The second-order valence-electron chi connectivity index (χ2n) is 3.08. The average molecular weight is 167 g/mol. The largest absolute Gasteiger partial charge is 0.515 e. The van der Waals surface area contributed by atoms with Gasteiger partial charge in [-0.3, -0.25) is 4.79 Å². The van der Waals surface area contributed by atoms with E-state index in [1.165, 1.54) is 0 Å². The molecule has 1 aliphatic rings. The van der Waals surface area contributed by atoms with Crippen LogP contribution in [0, 0.1) is 11.8 Å². The van der Waals surface area contributed by atoms with Crippen LogP contribution in [0.2, 0.25) is 0 Å². The molecule has 3 heteroatoms. The Labute approximate surface area is 71.6 Å². The Kier molecular flexibility index (Phi) is 2.53. The van der Waals surface area contributed by atoms with E-state index in [1.807, 2.05) is 19.1 Å². The Hall–Kier alpha value is -1.25. The minimum atomic E-state index is -0.530. The molecule has 1 aliphatic carbocycles. The molecule has 0 spiro atoms. The van der Waals surface area contributed by atoms with Gasteiger partial charge in [-0.1, -0.05) is 19.1 Å². The number of carbonyl (C=O) groups is 1. The minimum Gasteiger partial charge on any atom is -0.515 e. The number of amides is 1. The first kappa shape index (κ1) is 8.84. The summed E-state index contributed by atoms with van der Waals surface area (Å²) in [4.78, 5) is 10.8. The molecule has 3 nitrogen and oxygen atoms in total. The number of hydrogen-bond donors (Lipinski definition) is 2. The summed E-state index contributed by atoms with van der Waals surface area (Å²) >= 11 is 0. The first-order valence-corrected chi connectivity index (χ1v) is 3.97. The summed E-state index contributed by atoms with van der Waals surface area (Å²) in [5.41, 5.74) is 5.42. The van der Waals surface area contributed by atoms with Crippen molar-refractivity contribution < 1.29 is 9.90 Å². The van der Waals surface area contributed by atoms with Crippen molar-refractivity contribution in [2.45, 2.75) is 13.3 Å². The number of hydrogen-bond acceptors (Lipinski definition) is 2. The van der Waals surface area contributed by atoms with Gasteiger partial charge >= 0.3 is 0 Å². The maximum atomic E-state index is 10.8. The molecule has 1 unspecified atom stereocenters. The smallest absolute Gasteiger partial charge is 0.248 e. The van der Waals surface area contributed by atoms with Gasteiger partial charge in [0.25, 0.3) is 0 Å². The number of rotatable bonds is 2. The Bertz CT molecular complexity index is 243. The van der Waals surface area contributed by atoms with E-state index in [9.17, 15) is 4.79 Å². The summed E-state index contributed by atoms with van der Waals surface area (Å²) in [6.07, 6.45) is 5.64. The lowest BCUT2D eigenvalue weighted by atomic mass is 9.89. The van der Waals surface area contributed by atoms with Crippen LogP contribution in [0.25, 0.3) is 0 Å². The highest BCUT2D eigenvalue weighted by Crippen LogP contribution is 2.30. The molecule has 0 radical (unpaired) electrons. The molecule has 2 atom stereocenters. The summed E-state index contributed by atoms with van der Waals surface area (Å²) in [6.45, 7) is 2.00. The first-order chi connectivity index (χ1) is 5.66. The topological polar surface area (TPSA) is 63.3 Å². The number of nitrogens with two attached hydrogens (primary N) is 1. The standard InChI is InChI=1S/C9H13NO2/c1-6-3-2-4-7(6)8(5-11)9(10)12/h2-3,5-7,11H,4H2,1H3,(H2,10,12)/b8-5+/t6-,7?/m1/s1. The molecule has 0 aromatic rings. The minimum absolute atomic E-state index is 0.0625. The molecule has 0 heterocycles. The average Bonchev–Trinajstić information content (AvgIpc) is 2.38. The second-order valence-corrected chi connectivity index (χ2v) is 3.08. The third-order valence-corrected chi connectivity index (χ3v) is 2.29. The van der Waals surface area contributed by atoms with Gasteiger partial charge in [0.1, 0.15) is 0 Å². The number of allylic oxidation sites excluding steroid dienone is 2. The Morgan fingerprint density at radius 3 is 2.75 bits per heavy atom. The highest BCUT2D eigenvalue weighted by Gasteiger charge is 2.25. The molecule has 0 fully saturated rings. The molecule has 0 aromatic carbocycles. The van der Waals surface area contributed by atoms with Crippen molar-refractivity contribution in [1.29, 1.82) is 0 Å². The fourth-order valence-corrected chi connectivity index (χ4v) is 1.54. The van der Waals surface area contributed by atoms with E-state index in [1.54, 1.807) is 0 Å². The molecule has 1 amide bonds. The van der Waals surface area contributed by atoms with Crippen LogP contribution < -0.4 is 5.73 Å². The molecule has 3 N–H and O–H groups in total. The van der Waals surface area contributed by atoms with Crippen LogP contribution in [0.5, 0.6) is 0 Å². The molecule has 0 aromatic heterocycles. The molecule has 1 rings (SSSR count). The Balaban J connectivity index is 2.75. The molecule has 66 valence electrons. The fourth-order valence-electron chi connectivity index (χ4n) is 1.54. The van der Waals surface area contributed by atoms with Crippen LogP contribution in [0.1, 0.15) is 13.3 Å². The van der Waals surface area contributed by atoms with E-state index in [4.69, 9.17) is 10.8 Å². The highest BCUT2D eigenvalue weighted by atomic mass is 16.2. The third-order valence-electron chi connectivity index (χ3n) is 2.29. The van der Waals surface area contributed by atoms with Crippen LogP contribution in [0.3, 0.4) is 0 Å². The molecule has 0 aliphatic heterocycles. The van der Waals surface area contributed by atoms with Crippen molar-refractivity contribution in [1.82, 2.24) is 0 Å². The number of aliphatic hydroxyl groups excluding tert-OH is 1. The molecular weight excluding hydrogens is 154 g/mol. The van der Waals surface area contributed by atoms with Crippen molar-refractivity contribution in [2.75, 3.05) is 0 Å². The van der Waals surface area contributed by atoms with Gasteiger partial charge < -0.3 is 10.8 Å². The molecule has 0 saturated heterocycles. The van der Waals surface area contributed by atoms with Gasteiger partial charge in [-0.25, -0.2) is 0 Å². The number of aliphatic hydroxyl groups is 1. The maximum absolute atomic E-state index is 10.8. The van der Waals surface area contributed by atoms with E-state index in [-0.39, 0.29) is 11.8 Å². The van der Waals surface area contributed by atoms with Crippen LogP contribution >= 0.6 is 0 Å². The van der Waals surface area contributed by atoms with Crippen molar-refractivity contribution in [3.8, 4) is 0 Å². The maximum Gasteiger partial charge on any atom is 0.248 e. The van der Waals surface area contributed by atoms with Crippen molar-refractivity contribution in [3.05, 3.63) is 24.0 Å². The second kappa shape index (κ2) is 3.43. The lowest BCUT2D eigenvalue weighted by Gasteiger charge is -2.15. The van der Waals surface area contributed by atoms with E-state index >= 15 is 0 Å². The molecule has 0 saturated carbocycles. The lowest BCUT2D eigenvalue weighted by Crippen LogP contribution is -2.22. The Morgan fingerprint density at radius 1 is 1.75 bits per heavy atom. The van der Waals surface area contributed by atoms with Crippen molar-refractivity contribution in [2.24, 2.45) is 17.6 Å². The molecule has 12 heavy (non-hydrogen) atoms. The first-order valence-electron chi connectivity index (χ1n) is 3.97. The third kappa shape index (κ3) is 1.49. The van der Waals surface area contributed by atoms with Gasteiger partial charge in [0.05, 0.1) is 11.8 Å². The Morgan fingerprint density at radius 2 is 2.42 bits per heavy atom. The summed E-state index contributed by atoms with van der Waals surface area (Å²) in [5, 5.41) is 8.78. The molecular formula is C9H13NO2. The zero-order valence-corrected chi connectivity index (χ0v) is 7.03. The van der Waals surface area contributed by atoms with Gasteiger partial charge in [0.15, 0.2) is 0 Å². The van der Waals surface area contributed by atoms with Crippen LogP contribution in [-0.4, -0.2) is 11.0 Å². The van der Waals surface area contributed by atoms with Gasteiger partial charge in [0, 0.05) is 5.92 Å². The fraction of sp³-hybridized carbons (Fsp3) is 0.444. The van der Waals surface area contributed by atoms with E-state index in [0.29, 0.717) is 5.57 Å². The van der Waals surface area contributed by atoms with Gasteiger partial charge in [-0.05, 0) is 12.3 Å². The normalized spacial score (nSPS) is 29.2. The van der Waals surface area contributed by atoms with Crippen molar-refractivity contribution in [3.63, 3.8) is 0 Å². The van der Waals surface area contributed by atoms with Gasteiger partial charge in [-0.2, -0.15) is 0 Å². The SMILES string of the molecule is C[C@@H]1C=CCC1/C(=C\O)C(N)=O. The predicted molar refractivity (Wildman–Crippen MR) is 46.3 cm³/mol. The zero-order valence-electron chi connectivity index (χ0n) is 7.03. The van der Waals surface area contributed by atoms with Gasteiger partial charge in [-0.15, -0.1) is 0 Å². The molecule has 0 bridgehead atoms. The monoisotopic (exact) mass is 167 g/mol. The summed E-state index contributed by atoms with van der Waals surface area (Å²) < 4.78 is 0. The predicted octanol–water partition coefficient (Wildman–Crippen LogP) is 1.13. The van der Waals surface area contributed by atoms with Crippen molar-refractivity contribution >= 4 is 5.91 Å². The summed E-state index contributed by atoms with van der Waals surface area (Å²) in [5.74, 6) is -0.179. The summed E-state index contributed by atoms with van der Waals surface area (Å²) in [6, 6.07) is 0. The lowest BCUT2D eigenvalue weighted by molar-refractivity contribution is -0.115. The zero-order chi connectivity index (χ0) is 9.14.